The third-order valence-electron chi connectivity index (χ3n) is 3.69. The maximum absolute atomic E-state index is 9.84. The molecule has 0 heterocycles. The van der Waals surface area contributed by atoms with Crippen LogP contribution in [-0.4, -0.2) is 30.5 Å². The Hall–Kier alpha value is -1.88. The minimum Gasteiger partial charge on any atom is -0.491 e. The van der Waals surface area contributed by atoms with E-state index in [0.717, 1.165) is 11.1 Å². The molecule has 0 aromatic heterocycles. The number of nitrogens with one attached hydrogen (secondary N) is 1. The van der Waals surface area contributed by atoms with Crippen LogP contribution in [0.1, 0.15) is 11.1 Å². The lowest BCUT2D eigenvalue weighted by atomic mass is 9.92. The molecule has 0 amide bonds. The number of aliphatic hydroxyl groups is 2. The summed E-state index contributed by atoms with van der Waals surface area (Å²) in [7, 11) is 1.80. The van der Waals surface area contributed by atoms with Crippen molar-refractivity contribution in [2.75, 3.05) is 20.3 Å². The Labute approximate surface area is 125 Å². The largest absolute Gasteiger partial charge is 0.491 e. The topological polar surface area (TPSA) is 61.7 Å². The number of para-hydroxylation sites is 1. The van der Waals surface area contributed by atoms with Gasteiger partial charge in [0.1, 0.15) is 17.9 Å². The lowest BCUT2D eigenvalue weighted by Gasteiger charge is -2.32. The number of aliphatic hydroxyl groups excluding tert-OH is 2. The van der Waals surface area contributed by atoms with Crippen LogP contribution in [0.2, 0.25) is 0 Å². The summed E-state index contributed by atoms with van der Waals surface area (Å²) < 4.78 is 5.85. The fraction of sp³-hybridized carbons (Fsp3) is 0.294. The van der Waals surface area contributed by atoms with E-state index in [1.165, 1.54) is 0 Å². The van der Waals surface area contributed by atoms with E-state index in [2.05, 4.69) is 5.32 Å². The standard InChI is InChI=1S/C17H21NO3/c1-18-17(12-20,15-8-3-2-4-9-15)13-21-16-10-6-5-7-14(16)11-19/h2-10,18-20H,11-13H2,1H3. The number of rotatable bonds is 7. The molecule has 4 heteroatoms. The van der Waals surface area contributed by atoms with Crippen molar-refractivity contribution in [1.82, 2.24) is 5.32 Å². The van der Waals surface area contributed by atoms with Crippen LogP contribution in [0.25, 0.3) is 0 Å². The first kappa shape index (κ1) is 15.5. The van der Waals surface area contributed by atoms with Crippen LogP contribution in [0.5, 0.6) is 5.75 Å². The third-order valence-corrected chi connectivity index (χ3v) is 3.69. The third kappa shape index (κ3) is 3.42. The summed E-state index contributed by atoms with van der Waals surface area (Å²) in [5.41, 5.74) is 1.01. The Morgan fingerprint density at radius 1 is 1.00 bits per heavy atom. The number of hydrogen-bond acceptors (Lipinski definition) is 4. The second-order valence-electron chi connectivity index (χ2n) is 4.91. The predicted octanol–water partition coefficient (Wildman–Crippen LogP) is 1.66. The van der Waals surface area contributed by atoms with Crippen molar-refractivity contribution in [3.05, 3.63) is 65.7 Å². The van der Waals surface area contributed by atoms with Crippen molar-refractivity contribution in [3.8, 4) is 5.75 Å². The molecule has 0 spiro atoms. The molecule has 0 saturated carbocycles. The molecule has 2 aromatic rings. The Morgan fingerprint density at radius 3 is 2.29 bits per heavy atom. The molecule has 0 aliphatic heterocycles. The molecule has 0 aliphatic rings. The quantitative estimate of drug-likeness (QED) is 0.725. The van der Waals surface area contributed by atoms with E-state index in [1.54, 1.807) is 7.05 Å². The SMILES string of the molecule is CNC(CO)(COc1ccccc1CO)c1ccccc1. The molecule has 0 bridgehead atoms. The molecule has 0 radical (unpaired) electrons. The molecule has 112 valence electrons. The zero-order valence-corrected chi connectivity index (χ0v) is 12.1. The molecular formula is C17H21NO3. The number of benzene rings is 2. The average Bonchev–Trinajstić information content (AvgIpc) is 2.57. The molecule has 0 saturated heterocycles. The van der Waals surface area contributed by atoms with Gasteiger partial charge in [-0.25, -0.2) is 0 Å². The van der Waals surface area contributed by atoms with Gasteiger partial charge in [0.15, 0.2) is 0 Å². The lowest BCUT2D eigenvalue weighted by Crippen LogP contribution is -2.48. The van der Waals surface area contributed by atoms with Gasteiger partial charge in [0, 0.05) is 5.56 Å². The van der Waals surface area contributed by atoms with Crippen molar-refractivity contribution in [2.45, 2.75) is 12.1 Å². The van der Waals surface area contributed by atoms with Crippen molar-refractivity contribution < 1.29 is 14.9 Å². The molecule has 0 aliphatic carbocycles. The van der Waals surface area contributed by atoms with Crippen LogP contribution >= 0.6 is 0 Å². The number of ether oxygens (including phenoxy) is 1. The van der Waals surface area contributed by atoms with Crippen molar-refractivity contribution in [2.24, 2.45) is 0 Å². The summed E-state index contributed by atoms with van der Waals surface area (Å²) >= 11 is 0. The Kier molecular flexibility index (Phi) is 5.33. The molecule has 4 nitrogen and oxygen atoms in total. The van der Waals surface area contributed by atoms with Crippen LogP contribution in [-0.2, 0) is 12.1 Å². The van der Waals surface area contributed by atoms with Crippen molar-refractivity contribution in [1.29, 1.82) is 0 Å². The van der Waals surface area contributed by atoms with E-state index in [-0.39, 0.29) is 19.8 Å². The average molecular weight is 287 g/mol. The second kappa shape index (κ2) is 7.22. The van der Waals surface area contributed by atoms with Crippen LogP contribution in [0, 0.1) is 0 Å². The van der Waals surface area contributed by atoms with Gasteiger partial charge < -0.3 is 20.3 Å². The minimum atomic E-state index is -0.677. The van der Waals surface area contributed by atoms with Crippen LogP contribution in [0.15, 0.2) is 54.6 Å². The number of hydrogen-bond donors (Lipinski definition) is 3. The van der Waals surface area contributed by atoms with Gasteiger partial charge in [-0.2, -0.15) is 0 Å². The van der Waals surface area contributed by atoms with Crippen molar-refractivity contribution >= 4 is 0 Å². The van der Waals surface area contributed by atoms with Gasteiger partial charge in [0.05, 0.1) is 13.2 Å². The fourth-order valence-corrected chi connectivity index (χ4v) is 2.25. The normalized spacial score (nSPS) is 13.7. The summed E-state index contributed by atoms with van der Waals surface area (Å²) in [6.07, 6.45) is 0. The monoisotopic (exact) mass is 287 g/mol. The number of likely N-dealkylation sites (N-methyl/N-ethyl adjacent to an activating group) is 1. The molecule has 1 unspecified atom stereocenters. The van der Waals surface area contributed by atoms with Gasteiger partial charge in [-0.05, 0) is 18.7 Å². The van der Waals surface area contributed by atoms with E-state index in [1.807, 2.05) is 54.6 Å². The maximum atomic E-state index is 9.84. The van der Waals surface area contributed by atoms with Gasteiger partial charge in [0.25, 0.3) is 0 Å². The van der Waals surface area contributed by atoms with Gasteiger partial charge in [-0.15, -0.1) is 0 Å². The molecule has 21 heavy (non-hydrogen) atoms. The Bertz CT molecular complexity index is 553. The zero-order chi connectivity index (χ0) is 15.1. The summed E-state index contributed by atoms with van der Waals surface area (Å²) in [5.74, 6) is 0.629. The van der Waals surface area contributed by atoms with Gasteiger partial charge in [-0.1, -0.05) is 48.5 Å². The highest BCUT2D eigenvalue weighted by Gasteiger charge is 2.31. The van der Waals surface area contributed by atoms with Crippen LogP contribution in [0.4, 0.5) is 0 Å². The molecule has 2 rings (SSSR count). The van der Waals surface area contributed by atoms with Crippen LogP contribution in [0.3, 0.4) is 0 Å². The van der Waals surface area contributed by atoms with Gasteiger partial charge >= 0.3 is 0 Å². The highest BCUT2D eigenvalue weighted by molar-refractivity contribution is 5.33. The van der Waals surface area contributed by atoms with E-state index < -0.39 is 5.54 Å². The Morgan fingerprint density at radius 2 is 1.67 bits per heavy atom. The van der Waals surface area contributed by atoms with E-state index in [4.69, 9.17) is 4.74 Å². The predicted molar refractivity (Wildman–Crippen MR) is 82.1 cm³/mol. The van der Waals surface area contributed by atoms with E-state index in [9.17, 15) is 10.2 Å². The minimum absolute atomic E-state index is 0.0762. The highest BCUT2D eigenvalue weighted by Crippen LogP contribution is 2.24. The first-order valence-electron chi connectivity index (χ1n) is 6.92. The lowest BCUT2D eigenvalue weighted by molar-refractivity contribution is 0.106. The zero-order valence-electron chi connectivity index (χ0n) is 12.1. The highest BCUT2D eigenvalue weighted by atomic mass is 16.5. The van der Waals surface area contributed by atoms with E-state index in [0.29, 0.717) is 5.75 Å². The van der Waals surface area contributed by atoms with Gasteiger partial charge in [-0.3, -0.25) is 0 Å². The molecule has 1 atom stereocenters. The van der Waals surface area contributed by atoms with Crippen molar-refractivity contribution in [3.63, 3.8) is 0 Å². The summed E-state index contributed by atoms with van der Waals surface area (Å²) in [4.78, 5) is 0. The smallest absolute Gasteiger partial charge is 0.124 e. The first-order valence-corrected chi connectivity index (χ1v) is 6.92. The second-order valence-corrected chi connectivity index (χ2v) is 4.91. The molecule has 2 aromatic carbocycles. The van der Waals surface area contributed by atoms with E-state index >= 15 is 0 Å². The van der Waals surface area contributed by atoms with Crippen LogP contribution < -0.4 is 10.1 Å². The maximum Gasteiger partial charge on any atom is 0.124 e. The summed E-state index contributed by atoms with van der Waals surface area (Å²) in [6, 6.07) is 17.0. The fourth-order valence-electron chi connectivity index (χ4n) is 2.25. The first-order chi connectivity index (χ1) is 10.3. The summed E-state index contributed by atoms with van der Waals surface area (Å²) in [6.45, 7) is 0.100. The molecular weight excluding hydrogens is 266 g/mol. The Balaban J connectivity index is 2.21. The van der Waals surface area contributed by atoms with Gasteiger partial charge in [0.2, 0.25) is 0 Å². The summed E-state index contributed by atoms with van der Waals surface area (Å²) in [5, 5.41) is 22.3. The molecule has 0 fully saturated rings. The molecule has 3 N–H and O–H groups in total.